The summed E-state index contributed by atoms with van der Waals surface area (Å²) in [6.07, 6.45) is 73.0. The predicted octanol–water partition coefficient (Wildman–Crippen LogP) is 18.6. The van der Waals surface area contributed by atoms with Crippen LogP contribution in [0.15, 0.2) is 48.6 Å². The largest absolute Gasteiger partial charge is 0.466 e. The molecule has 6 heteroatoms. The van der Waals surface area contributed by atoms with Gasteiger partial charge in [0.05, 0.1) is 25.4 Å². The molecule has 0 spiro atoms. The Balaban J connectivity index is 3.42. The minimum Gasteiger partial charge on any atom is -0.466 e. The van der Waals surface area contributed by atoms with Crippen molar-refractivity contribution in [1.29, 1.82) is 0 Å². The van der Waals surface area contributed by atoms with Gasteiger partial charge in [0.2, 0.25) is 5.91 Å². The summed E-state index contributed by atoms with van der Waals surface area (Å²) < 4.78 is 5.48. The molecule has 2 unspecified atom stereocenters. The number of hydrogen-bond donors (Lipinski definition) is 3. The number of hydrogen-bond acceptors (Lipinski definition) is 5. The number of amides is 1. The number of carbonyl (C=O) groups is 2. The van der Waals surface area contributed by atoms with Gasteiger partial charge < -0.3 is 20.3 Å². The highest BCUT2D eigenvalue weighted by molar-refractivity contribution is 5.76. The lowest BCUT2D eigenvalue weighted by molar-refractivity contribution is -0.143. The molecule has 0 saturated carbocycles. The number of rotatable bonds is 55. The van der Waals surface area contributed by atoms with E-state index in [0.29, 0.717) is 19.4 Å². The van der Waals surface area contributed by atoms with Crippen molar-refractivity contribution in [3.8, 4) is 0 Å². The number of esters is 1. The monoisotopic (exact) mass is 954 g/mol. The van der Waals surface area contributed by atoms with Crippen molar-refractivity contribution in [3.05, 3.63) is 48.6 Å². The number of allylic oxidation sites excluding steroid dienone is 7. The van der Waals surface area contributed by atoms with Crippen molar-refractivity contribution >= 4 is 11.9 Å². The second-order valence-corrected chi connectivity index (χ2v) is 20.3. The van der Waals surface area contributed by atoms with E-state index in [9.17, 15) is 19.8 Å². The van der Waals surface area contributed by atoms with Gasteiger partial charge in [-0.3, -0.25) is 9.59 Å². The summed E-state index contributed by atoms with van der Waals surface area (Å²) >= 11 is 0. The summed E-state index contributed by atoms with van der Waals surface area (Å²) in [7, 11) is 0. The summed E-state index contributed by atoms with van der Waals surface area (Å²) in [4.78, 5) is 24.4. The Hall–Kier alpha value is -2.18. The maximum absolute atomic E-state index is 12.4. The Labute approximate surface area is 423 Å². The first-order valence-electron chi connectivity index (χ1n) is 29.9. The lowest BCUT2D eigenvalue weighted by atomic mass is 10.0. The molecule has 0 aliphatic heterocycles. The van der Waals surface area contributed by atoms with Gasteiger partial charge in [0.25, 0.3) is 0 Å². The smallest absolute Gasteiger partial charge is 0.305 e. The van der Waals surface area contributed by atoms with Crippen molar-refractivity contribution in [2.24, 2.45) is 0 Å². The van der Waals surface area contributed by atoms with Crippen LogP contribution >= 0.6 is 0 Å². The Morgan fingerprint density at radius 2 is 0.735 bits per heavy atom. The fraction of sp³-hybridized carbons (Fsp3) is 0.839. The van der Waals surface area contributed by atoms with E-state index in [2.05, 4.69) is 55.6 Å². The van der Waals surface area contributed by atoms with Crippen LogP contribution in [0.3, 0.4) is 0 Å². The zero-order valence-electron chi connectivity index (χ0n) is 45.3. The van der Waals surface area contributed by atoms with Crippen molar-refractivity contribution in [2.45, 2.75) is 321 Å². The summed E-state index contributed by atoms with van der Waals surface area (Å²) in [5.74, 6) is -0.0727. The molecule has 68 heavy (non-hydrogen) atoms. The molecule has 6 nitrogen and oxygen atoms in total. The van der Waals surface area contributed by atoms with Crippen LogP contribution in [-0.4, -0.2) is 47.4 Å². The van der Waals surface area contributed by atoms with Crippen LogP contribution in [0, 0.1) is 0 Å². The Kier molecular flexibility index (Phi) is 55.6. The number of aliphatic hydroxyl groups excluding tert-OH is 2. The molecule has 0 aliphatic rings. The number of nitrogens with one attached hydrogen (secondary N) is 1. The van der Waals surface area contributed by atoms with Crippen molar-refractivity contribution < 1.29 is 24.5 Å². The Morgan fingerprint density at radius 1 is 0.412 bits per heavy atom. The van der Waals surface area contributed by atoms with E-state index in [-0.39, 0.29) is 18.5 Å². The van der Waals surface area contributed by atoms with Crippen molar-refractivity contribution in [3.63, 3.8) is 0 Å². The molecule has 0 aliphatic carbocycles. The van der Waals surface area contributed by atoms with Gasteiger partial charge in [-0.2, -0.15) is 0 Å². The highest BCUT2D eigenvalue weighted by Gasteiger charge is 2.18. The van der Waals surface area contributed by atoms with Crippen LogP contribution in [0.4, 0.5) is 0 Å². The molecule has 1 amide bonds. The fourth-order valence-corrected chi connectivity index (χ4v) is 8.95. The SMILES string of the molecule is CCCCCCCC/C=C\CCCCCCCCCC(=O)OCCCCCCCCCCC/C=C\C/C=C\CCCCCCCCCCCC(=O)NC(CO)C(O)/C=C/CCCCCCCCC. The van der Waals surface area contributed by atoms with E-state index >= 15 is 0 Å². The molecule has 2 atom stereocenters. The third-order valence-electron chi connectivity index (χ3n) is 13.6. The number of unbranched alkanes of at least 4 members (excludes halogenated alkanes) is 38. The first-order valence-corrected chi connectivity index (χ1v) is 29.9. The molecule has 0 radical (unpaired) electrons. The molecule has 0 saturated heterocycles. The van der Waals surface area contributed by atoms with Crippen LogP contribution in [0.1, 0.15) is 309 Å². The van der Waals surface area contributed by atoms with E-state index in [0.717, 1.165) is 51.4 Å². The van der Waals surface area contributed by atoms with Crippen LogP contribution in [0.25, 0.3) is 0 Å². The molecular formula is C62H115NO5. The lowest BCUT2D eigenvalue weighted by Crippen LogP contribution is -2.45. The highest BCUT2D eigenvalue weighted by atomic mass is 16.5. The van der Waals surface area contributed by atoms with E-state index in [1.54, 1.807) is 6.08 Å². The van der Waals surface area contributed by atoms with Crippen molar-refractivity contribution in [1.82, 2.24) is 5.32 Å². The summed E-state index contributed by atoms with van der Waals surface area (Å²) in [5.41, 5.74) is 0. The average Bonchev–Trinajstić information content (AvgIpc) is 3.34. The number of carbonyl (C=O) groups excluding carboxylic acids is 2. The maximum atomic E-state index is 12.4. The van der Waals surface area contributed by atoms with Gasteiger partial charge in [0, 0.05) is 12.8 Å². The lowest BCUT2D eigenvalue weighted by Gasteiger charge is -2.20. The molecular weight excluding hydrogens is 839 g/mol. The molecule has 0 bridgehead atoms. The molecule has 0 fully saturated rings. The second-order valence-electron chi connectivity index (χ2n) is 20.3. The van der Waals surface area contributed by atoms with Crippen LogP contribution in [-0.2, 0) is 14.3 Å². The minimum atomic E-state index is -0.847. The Morgan fingerprint density at radius 3 is 1.13 bits per heavy atom. The maximum Gasteiger partial charge on any atom is 0.305 e. The van der Waals surface area contributed by atoms with Crippen LogP contribution in [0.2, 0.25) is 0 Å². The zero-order valence-corrected chi connectivity index (χ0v) is 45.3. The van der Waals surface area contributed by atoms with Gasteiger partial charge in [-0.25, -0.2) is 0 Å². The third kappa shape index (κ3) is 53.2. The fourth-order valence-electron chi connectivity index (χ4n) is 8.95. The van der Waals surface area contributed by atoms with Gasteiger partial charge in [0.15, 0.2) is 0 Å². The first-order chi connectivity index (χ1) is 33.5. The standard InChI is InChI=1S/C62H115NO5/c1-3-5-7-9-11-13-14-15-16-26-30-33-36-40-44-48-52-56-62(67)68-57-53-49-45-41-37-34-31-28-25-23-21-19-17-18-20-22-24-27-29-32-35-39-43-47-51-55-61(66)63-59(58-64)60(65)54-50-46-42-38-12-10-8-6-4-2/h15-16,18-21,50,54,59-60,64-65H,3-14,17,22-49,51-53,55-58H2,1-2H3,(H,63,66)/b16-15-,20-18-,21-19-,54-50+. The minimum absolute atomic E-state index is 0.00463. The predicted molar refractivity (Wildman–Crippen MR) is 296 cm³/mol. The molecule has 0 aromatic heterocycles. The van der Waals surface area contributed by atoms with Gasteiger partial charge in [-0.15, -0.1) is 0 Å². The average molecular weight is 955 g/mol. The van der Waals surface area contributed by atoms with E-state index in [1.807, 2.05) is 6.08 Å². The topological polar surface area (TPSA) is 95.9 Å². The Bertz CT molecular complexity index is 1150. The van der Waals surface area contributed by atoms with Gasteiger partial charge in [-0.1, -0.05) is 255 Å². The summed E-state index contributed by atoms with van der Waals surface area (Å²) in [5, 5.41) is 22.9. The first kappa shape index (κ1) is 65.8. The van der Waals surface area contributed by atoms with E-state index in [1.165, 1.54) is 231 Å². The molecule has 3 N–H and O–H groups in total. The van der Waals surface area contributed by atoms with Gasteiger partial charge in [-0.05, 0) is 89.9 Å². The second kappa shape index (κ2) is 57.4. The van der Waals surface area contributed by atoms with Crippen LogP contribution in [0.5, 0.6) is 0 Å². The summed E-state index contributed by atoms with van der Waals surface area (Å²) in [6, 6.07) is -0.631. The number of aliphatic hydroxyl groups is 2. The highest BCUT2D eigenvalue weighted by Crippen LogP contribution is 2.16. The normalized spacial score (nSPS) is 12.9. The molecule has 0 aromatic carbocycles. The third-order valence-corrected chi connectivity index (χ3v) is 13.6. The van der Waals surface area contributed by atoms with Crippen LogP contribution < -0.4 is 5.32 Å². The van der Waals surface area contributed by atoms with E-state index < -0.39 is 12.1 Å². The number of ether oxygens (including phenoxy) is 1. The summed E-state index contributed by atoms with van der Waals surface area (Å²) in [6.45, 7) is 4.86. The molecule has 0 rings (SSSR count). The molecule has 398 valence electrons. The van der Waals surface area contributed by atoms with Gasteiger partial charge >= 0.3 is 5.97 Å². The van der Waals surface area contributed by atoms with Crippen molar-refractivity contribution in [2.75, 3.05) is 13.2 Å². The van der Waals surface area contributed by atoms with Gasteiger partial charge in [0.1, 0.15) is 0 Å². The zero-order chi connectivity index (χ0) is 49.3. The van der Waals surface area contributed by atoms with E-state index in [4.69, 9.17) is 4.74 Å². The quantitative estimate of drug-likeness (QED) is 0.0321. The molecule has 0 heterocycles. The molecule has 0 aromatic rings.